The molecule has 23 heavy (non-hydrogen) atoms. The van der Waals surface area contributed by atoms with Crippen molar-refractivity contribution >= 4 is 23.4 Å². The molecule has 9 heteroatoms. The van der Waals surface area contributed by atoms with Gasteiger partial charge in [-0.25, -0.2) is 4.98 Å². The third-order valence-electron chi connectivity index (χ3n) is 3.76. The van der Waals surface area contributed by atoms with Crippen LogP contribution in [0.2, 0.25) is 0 Å². The molecule has 1 saturated heterocycles. The minimum Gasteiger partial charge on any atom is -0.481 e. The molecular weight excluding hydrogens is 316 g/mol. The maximum Gasteiger partial charge on any atom is 0.267 e. The van der Waals surface area contributed by atoms with Gasteiger partial charge in [-0.2, -0.15) is 4.98 Å². The smallest absolute Gasteiger partial charge is 0.267 e. The summed E-state index contributed by atoms with van der Waals surface area (Å²) in [7, 11) is 1.58. The molecule has 0 aliphatic carbocycles. The molecular formula is C14H18N6O2S. The van der Waals surface area contributed by atoms with Crippen molar-refractivity contribution in [3.63, 3.8) is 0 Å². The van der Waals surface area contributed by atoms with Crippen molar-refractivity contribution in [3.8, 4) is 5.88 Å². The predicted molar refractivity (Wildman–Crippen MR) is 86.0 cm³/mol. The highest BCUT2D eigenvalue weighted by atomic mass is 32.1. The first-order valence-corrected chi connectivity index (χ1v) is 8.22. The zero-order valence-corrected chi connectivity index (χ0v) is 13.9. The van der Waals surface area contributed by atoms with E-state index in [0.29, 0.717) is 42.9 Å². The van der Waals surface area contributed by atoms with Crippen molar-refractivity contribution in [2.45, 2.75) is 13.3 Å². The van der Waals surface area contributed by atoms with Crippen LogP contribution < -0.4 is 9.64 Å². The number of amides is 1. The Kier molecular flexibility index (Phi) is 4.65. The molecule has 0 N–H and O–H groups in total. The van der Waals surface area contributed by atoms with Crippen LogP contribution in [0.1, 0.15) is 22.3 Å². The summed E-state index contributed by atoms with van der Waals surface area (Å²) in [6.07, 6.45) is 2.39. The van der Waals surface area contributed by atoms with E-state index in [1.165, 1.54) is 11.5 Å². The molecule has 0 saturated carbocycles. The Labute approximate surface area is 138 Å². The lowest BCUT2D eigenvalue weighted by Gasteiger charge is -2.34. The van der Waals surface area contributed by atoms with Crippen molar-refractivity contribution in [2.24, 2.45) is 0 Å². The standard InChI is InChI=1S/C14H18N6O2S/c1-3-10-12(23-18-17-10)13(21)19-6-8-20(9-7-19)14-15-5-4-11(16-14)22-2/h4-5H,3,6-9H2,1-2H3. The van der Waals surface area contributed by atoms with Gasteiger partial charge in [0.25, 0.3) is 5.91 Å². The Morgan fingerprint density at radius 3 is 2.83 bits per heavy atom. The summed E-state index contributed by atoms with van der Waals surface area (Å²) in [5.41, 5.74) is 0.776. The molecule has 0 spiro atoms. The van der Waals surface area contributed by atoms with E-state index >= 15 is 0 Å². The lowest BCUT2D eigenvalue weighted by atomic mass is 10.2. The zero-order chi connectivity index (χ0) is 16.2. The highest BCUT2D eigenvalue weighted by molar-refractivity contribution is 7.08. The Morgan fingerprint density at radius 1 is 1.35 bits per heavy atom. The molecule has 0 aromatic carbocycles. The molecule has 2 aromatic rings. The summed E-state index contributed by atoms with van der Waals surface area (Å²) in [5, 5.41) is 4.01. The number of methoxy groups -OCH3 is 1. The van der Waals surface area contributed by atoms with Gasteiger partial charge in [-0.05, 0) is 18.0 Å². The Hall–Kier alpha value is -2.29. The number of anilines is 1. The average molecular weight is 334 g/mol. The Morgan fingerprint density at radius 2 is 2.13 bits per heavy atom. The number of ether oxygens (including phenoxy) is 1. The number of carbonyl (C=O) groups is 1. The highest BCUT2D eigenvalue weighted by Gasteiger charge is 2.26. The van der Waals surface area contributed by atoms with Gasteiger partial charge in [0.05, 0.1) is 12.8 Å². The van der Waals surface area contributed by atoms with Gasteiger partial charge >= 0.3 is 0 Å². The van der Waals surface area contributed by atoms with Crippen LogP contribution in [0, 0.1) is 0 Å². The fraction of sp³-hybridized carbons (Fsp3) is 0.500. The van der Waals surface area contributed by atoms with Gasteiger partial charge in [0.1, 0.15) is 4.88 Å². The number of carbonyl (C=O) groups excluding carboxylic acids is 1. The van der Waals surface area contributed by atoms with Crippen LogP contribution >= 0.6 is 11.5 Å². The maximum absolute atomic E-state index is 12.6. The normalized spacial score (nSPS) is 14.9. The van der Waals surface area contributed by atoms with Gasteiger partial charge in [0.2, 0.25) is 11.8 Å². The molecule has 0 bridgehead atoms. The largest absolute Gasteiger partial charge is 0.481 e. The molecule has 2 aromatic heterocycles. The first kappa shape index (κ1) is 15.6. The number of hydrogen-bond donors (Lipinski definition) is 0. The van der Waals surface area contributed by atoms with Gasteiger partial charge in [-0.3, -0.25) is 4.79 Å². The lowest BCUT2D eigenvalue weighted by Crippen LogP contribution is -2.49. The van der Waals surface area contributed by atoms with Crippen molar-refractivity contribution in [3.05, 3.63) is 22.8 Å². The van der Waals surface area contributed by atoms with E-state index in [-0.39, 0.29) is 5.91 Å². The van der Waals surface area contributed by atoms with E-state index in [4.69, 9.17) is 4.74 Å². The summed E-state index contributed by atoms with van der Waals surface area (Å²) in [6, 6.07) is 1.71. The molecule has 1 fully saturated rings. The second kappa shape index (κ2) is 6.86. The number of rotatable bonds is 4. The SMILES string of the molecule is CCc1nnsc1C(=O)N1CCN(c2nccc(OC)n2)CC1. The molecule has 1 amide bonds. The molecule has 8 nitrogen and oxygen atoms in total. The van der Waals surface area contributed by atoms with Gasteiger partial charge in [-0.15, -0.1) is 5.10 Å². The first-order chi connectivity index (χ1) is 11.2. The van der Waals surface area contributed by atoms with E-state index in [9.17, 15) is 4.79 Å². The van der Waals surface area contributed by atoms with Crippen molar-refractivity contribution < 1.29 is 9.53 Å². The van der Waals surface area contributed by atoms with Crippen LogP contribution in [0.5, 0.6) is 5.88 Å². The maximum atomic E-state index is 12.6. The molecule has 3 heterocycles. The minimum atomic E-state index is 0.0167. The summed E-state index contributed by atoms with van der Waals surface area (Å²) >= 11 is 1.17. The molecule has 0 atom stereocenters. The van der Waals surface area contributed by atoms with E-state index < -0.39 is 0 Å². The number of nitrogens with zero attached hydrogens (tertiary/aromatic N) is 6. The van der Waals surface area contributed by atoms with Crippen LogP contribution in [0.4, 0.5) is 5.95 Å². The van der Waals surface area contributed by atoms with E-state index in [1.807, 2.05) is 11.8 Å². The molecule has 1 aliphatic rings. The number of aromatic nitrogens is 4. The number of piperazine rings is 1. The fourth-order valence-electron chi connectivity index (χ4n) is 2.45. The Bertz CT molecular complexity index is 683. The molecule has 0 unspecified atom stereocenters. The first-order valence-electron chi connectivity index (χ1n) is 7.45. The second-order valence-corrected chi connectivity index (χ2v) is 5.83. The van der Waals surface area contributed by atoms with Crippen molar-refractivity contribution in [2.75, 3.05) is 38.2 Å². The quantitative estimate of drug-likeness (QED) is 0.820. The Balaban J connectivity index is 1.65. The fourth-order valence-corrected chi connectivity index (χ4v) is 3.17. The topological polar surface area (TPSA) is 84.3 Å². The number of aryl methyl sites for hydroxylation is 1. The summed E-state index contributed by atoms with van der Waals surface area (Å²) in [4.78, 5) is 25.7. The van der Waals surface area contributed by atoms with E-state index in [0.717, 1.165) is 12.1 Å². The van der Waals surface area contributed by atoms with Gasteiger partial charge in [0.15, 0.2) is 0 Å². The van der Waals surface area contributed by atoms with Gasteiger partial charge < -0.3 is 14.5 Å². The van der Waals surface area contributed by atoms with Crippen molar-refractivity contribution in [1.82, 2.24) is 24.5 Å². The van der Waals surface area contributed by atoms with Crippen LogP contribution in [-0.2, 0) is 6.42 Å². The zero-order valence-electron chi connectivity index (χ0n) is 13.1. The van der Waals surface area contributed by atoms with Crippen LogP contribution in [0.15, 0.2) is 12.3 Å². The summed E-state index contributed by atoms with van der Waals surface area (Å²) < 4.78 is 9.02. The molecule has 3 rings (SSSR count). The van der Waals surface area contributed by atoms with Crippen molar-refractivity contribution in [1.29, 1.82) is 0 Å². The van der Waals surface area contributed by atoms with E-state index in [1.54, 1.807) is 19.4 Å². The highest BCUT2D eigenvalue weighted by Crippen LogP contribution is 2.18. The van der Waals surface area contributed by atoms with Gasteiger partial charge in [0, 0.05) is 38.4 Å². The van der Waals surface area contributed by atoms with Crippen LogP contribution in [-0.4, -0.2) is 63.7 Å². The van der Waals surface area contributed by atoms with E-state index in [2.05, 4.69) is 24.5 Å². The molecule has 1 aliphatic heterocycles. The van der Waals surface area contributed by atoms with Gasteiger partial charge in [-0.1, -0.05) is 11.4 Å². The summed E-state index contributed by atoms with van der Waals surface area (Å²) in [6.45, 7) is 4.60. The third-order valence-corrected chi connectivity index (χ3v) is 4.52. The monoisotopic (exact) mass is 334 g/mol. The minimum absolute atomic E-state index is 0.0167. The lowest BCUT2D eigenvalue weighted by molar-refractivity contribution is 0.0749. The number of hydrogen-bond acceptors (Lipinski definition) is 8. The van der Waals surface area contributed by atoms with Crippen LogP contribution in [0.3, 0.4) is 0 Å². The predicted octanol–water partition coefficient (Wildman–Crippen LogP) is 0.861. The summed E-state index contributed by atoms with van der Waals surface area (Å²) in [5.74, 6) is 1.19. The van der Waals surface area contributed by atoms with Crippen LogP contribution in [0.25, 0.3) is 0 Å². The molecule has 0 radical (unpaired) electrons. The third kappa shape index (κ3) is 3.24. The molecule has 122 valence electrons. The second-order valence-electron chi connectivity index (χ2n) is 5.08. The average Bonchev–Trinajstić information content (AvgIpc) is 3.10.